The summed E-state index contributed by atoms with van der Waals surface area (Å²) in [5.74, 6) is -2.31. The van der Waals surface area contributed by atoms with Crippen LogP contribution in [0.4, 0.5) is 4.79 Å². The van der Waals surface area contributed by atoms with Crippen LogP contribution in [-0.2, 0) is 32.3 Å². The number of carbonyl (C=O) groups is 4. The first-order chi connectivity index (χ1) is 20.6. The van der Waals surface area contributed by atoms with E-state index in [-0.39, 0.29) is 30.9 Å². The molecule has 0 heterocycles. The second-order valence-electron chi connectivity index (χ2n) is 9.40. The van der Waals surface area contributed by atoms with Crippen molar-refractivity contribution in [2.24, 2.45) is 22.2 Å². The van der Waals surface area contributed by atoms with Crippen LogP contribution in [-0.4, -0.2) is 42.4 Å². The van der Waals surface area contributed by atoms with E-state index in [0.717, 1.165) is 29.2 Å². The summed E-state index contributed by atoms with van der Waals surface area (Å²) >= 11 is 0. The molecular weight excluding hydrogens is 552 g/mol. The van der Waals surface area contributed by atoms with E-state index < -0.39 is 24.0 Å². The molecule has 3 amide bonds. The Kier molecular flexibility index (Phi) is 14.3. The lowest BCUT2D eigenvalue weighted by Gasteiger charge is -2.23. The van der Waals surface area contributed by atoms with Gasteiger partial charge in [-0.25, -0.2) is 4.79 Å². The van der Waals surface area contributed by atoms with Crippen molar-refractivity contribution in [3.05, 3.63) is 107 Å². The first-order valence-electron chi connectivity index (χ1n) is 13.5. The average molecular weight is 590 g/mol. The zero-order valence-corrected chi connectivity index (χ0v) is 23.9. The highest BCUT2D eigenvalue weighted by atomic mass is 16.5. The molecule has 0 saturated heterocycles. The van der Waals surface area contributed by atoms with E-state index in [1.54, 1.807) is 12.1 Å². The molecule has 12 nitrogen and oxygen atoms in total. The molecule has 43 heavy (non-hydrogen) atoms. The number of nitrogens with two attached hydrogens (primary N) is 3. The summed E-state index contributed by atoms with van der Waals surface area (Å²) in [7, 11) is 0. The number of rotatable bonds is 13. The number of aliphatic imine (C=N–C) groups is 1. The lowest BCUT2D eigenvalue weighted by molar-refractivity contribution is -0.302. The van der Waals surface area contributed by atoms with E-state index in [0.29, 0.717) is 19.4 Å². The Bertz CT molecular complexity index is 1300. The third kappa shape index (κ3) is 13.2. The molecule has 0 aliphatic heterocycles. The van der Waals surface area contributed by atoms with Crippen molar-refractivity contribution in [2.75, 3.05) is 6.54 Å². The second-order valence-corrected chi connectivity index (χ2v) is 9.40. The van der Waals surface area contributed by atoms with Crippen molar-refractivity contribution < 1.29 is 29.0 Å². The number of primary amides is 1. The molecule has 3 aromatic carbocycles. The van der Waals surface area contributed by atoms with Gasteiger partial charge in [-0.15, -0.1) is 0 Å². The lowest BCUT2D eigenvalue weighted by Crippen LogP contribution is -2.48. The van der Waals surface area contributed by atoms with Crippen molar-refractivity contribution in [3.8, 4) is 0 Å². The minimum Gasteiger partial charge on any atom is -0.550 e. The molecular formula is C31H37N6O6-. The first-order valence-corrected chi connectivity index (χ1v) is 13.5. The van der Waals surface area contributed by atoms with Crippen LogP contribution in [0.15, 0.2) is 89.9 Å². The Morgan fingerprint density at radius 1 is 0.814 bits per heavy atom. The van der Waals surface area contributed by atoms with Crippen LogP contribution in [0.3, 0.4) is 0 Å². The molecule has 8 N–H and O–H groups in total. The number of carbonyl (C=O) groups excluding carboxylic acids is 4. The number of hydrogen-bond donors (Lipinski definition) is 5. The van der Waals surface area contributed by atoms with Crippen LogP contribution in [0.1, 0.15) is 47.9 Å². The summed E-state index contributed by atoms with van der Waals surface area (Å²) in [5, 5.41) is 14.7. The molecule has 0 saturated carbocycles. The number of benzene rings is 3. The Morgan fingerprint density at radius 2 is 1.33 bits per heavy atom. The topological polar surface area (TPSA) is 215 Å². The number of hydrogen-bond acceptors (Lipinski definition) is 7. The van der Waals surface area contributed by atoms with Gasteiger partial charge in [-0.2, -0.15) is 0 Å². The predicted octanol–water partition coefficient (Wildman–Crippen LogP) is 1.02. The molecule has 0 aliphatic rings. The van der Waals surface area contributed by atoms with Gasteiger partial charge in [-0.1, -0.05) is 84.9 Å². The summed E-state index contributed by atoms with van der Waals surface area (Å²) in [6.45, 7) is 1.62. The number of carboxylic acid groups (broad SMARTS) is 1. The zero-order chi connectivity index (χ0) is 31.6. The molecule has 12 heteroatoms. The number of ether oxygens (including phenoxy) is 1. The highest BCUT2D eigenvalue weighted by Gasteiger charge is 2.27. The largest absolute Gasteiger partial charge is 0.550 e. The molecule has 0 unspecified atom stereocenters. The fraction of sp³-hybridized carbons (Fsp3) is 0.258. The summed E-state index contributed by atoms with van der Waals surface area (Å²) < 4.78 is 4.78. The Labute approximate surface area is 250 Å². The number of guanidine groups is 1. The predicted molar refractivity (Wildman–Crippen MR) is 160 cm³/mol. The van der Waals surface area contributed by atoms with Crippen LogP contribution >= 0.6 is 0 Å². The van der Waals surface area contributed by atoms with Gasteiger partial charge in [0.05, 0.1) is 5.92 Å². The van der Waals surface area contributed by atoms with Crippen molar-refractivity contribution in [1.29, 1.82) is 0 Å². The Balaban J connectivity index is 0.00000151. The molecule has 3 aromatic rings. The normalized spacial score (nSPS) is 10.8. The number of nitrogens with zero attached hydrogens (tertiary/aromatic N) is 1. The van der Waals surface area contributed by atoms with Crippen LogP contribution in [0.2, 0.25) is 0 Å². The third-order valence-corrected chi connectivity index (χ3v) is 5.98. The quantitative estimate of drug-likeness (QED) is 0.110. The van der Waals surface area contributed by atoms with Crippen LogP contribution in [0.5, 0.6) is 0 Å². The standard InChI is InChI=1S/C29H34N6O4.C2H4O2/c30-28(31)33-17-7-12-24(26(36)34-18-20-13-15-21(16-14-20)19-39-29(32)38)35-27(37)25(22-8-3-1-4-9-22)23-10-5-2-6-11-23;1-2(3)4/h1-6,8-11,13-16,24-25H,7,12,17-19H2,(H2,32,38)(H,34,36)(H,35,37)(H4,30,31,33);1H3,(H,3,4)/p-1/t24-;/m1./s1. The SMILES string of the molecule is CC(=O)[O-].NC(=O)OCc1ccc(CNC(=O)[C@@H](CCCN=C(N)N)NC(=O)C(c2ccccc2)c2ccccc2)cc1. The number of carboxylic acids is 1. The number of aliphatic carboxylic acids is 1. The maximum atomic E-state index is 13.6. The average Bonchev–Trinajstić information content (AvgIpc) is 2.97. The first kappa shape index (κ1) is 33.8. The van der Waals surface area contributed by atoms with Crippen LogP contribution < -0.4 is 32.9 Å². The summed E-state index contributed by atoms with van der Waals surface area (Å²) in [6, 6.07) is 25.2. The molecule has 1 atom stereocenters. The maximum Gasteiger partial charge on any atom is 0.404 e. The van der Waals surface area contributed by atoms with E-state index in [1.165, 1.54) is 0 Å². The molecule has 0 bridgehead atoms. The molecule has 228 valence electrons. The highest BCUT2D eigenvalue weighted by molar-refractivity contribution is 5.92. The summed E-state index contributed by atoms with van der Waals surface area (Å²) in [4.78, 5) is 50.5. The van der Waals surface area contributed by atoms with Gasteiger partial charge in [0.1, 0.15) is 12.6 Å². The zero-order valence-electron chi connectivity index (χ0n) is 23.9. The van der Waals surface area contributed by atoms with E-state index >= 15 is 0 Å². The van der Waals surface area contributed by atoms with Gasteiger partial charge in [0, 0.05) is 19.1 Å². The summed E-state index contributed by atoms with van der Waals surface area (Å²) in [5.41, 5.74) is 19.1. The van der Waals surface area contributed by atoms with Crippen molar-refractivity contribution in [1.82, 2.24) is 10.6 Å². The maximum absolute atomic E-state index is 13.6. The fourth-order valence-corrected chi connectivity index (χ4v) is 4.03. The minimum absolute atomic E-state index is 0.0297. The van der Waals surface area contributed by atoms with Crippen molar-refractivity contribution in [3.63, 3.8) is 0 Å². The van der Waals surface area contributed by atoms with Crippen LogP contribution in [0.25, 0.3) is 0 Å². The molecule has 0 aromatic heterocycles. The monoisotopic (exact) mass is 589 g/mol. The van der Waals surface area contributed by atoms with Crippen LogP contribution in [0, 0.1) is 0 Å². The van der Waals surface area contributed by atoms with E-state index in [4.69, 9.17) is 31.8 Å². The fourth-order valence-electron chi connectivity index (χ4n) is 4.03. The van der Waals surface area contributed by atoms with Gasteiger partial charge in [0.15, 0.2) is 5.96 Å². The molecule has 3 rings (SSSR count). The molecule has 0 radical (unpaired) electrons. The molecule has 0 aliphatic carbocycles. The number of amides is 3. The van der Waals surface area contributed by atoms with Gasteiger partial charge in [-0.05, 0) is 42.0 Å². The number of nitrogens with one attached hydrogen (secondary N) is 2. The second kappa shape index (κ2) is 18.1. The van der Waals surface area contributed by atoms with Gasteiger partial charge in [0.2, 0.25) is 11.8 Å². The van der Waals surface area contributed by atoms with Gasteiger partial charge in [-0.3, -0.25) is 14.6 Å². The highest BCUT2D eigenvalue weighted by Crippen LogP contribution is 2.25. The molecule has 0 fully saturated rings. The molecule has 0 spiro atoms. The Hall–Kier alpha value is -5.39. The van der Waals surface area contributed by atoms with Gasteiger partial charge < -0.3 is 42.5 Å². The lowest BCUT2D eigenvalue weighted by atomic mass is 9.90. The smallest absolute Gasteiger partial charge is 0.404 e. The Morgan fingerprint density at radius 3 is 1.81 bits per heavy atom. The van der Waals surface area contributed by atoms with E-state index in [1.807, 2.05) is 72.8 Å². The van der Waals surface area contributed by atoms with Gasteiger partial charge >= 0.3 is 6.09 Å². The van der Waals surface area contributed by atoms with Crippen molar-refractivity contribution >= 4 is 29.8 Å². The van der Waals surface area contributed by atoms with E-state index in [9.17, 15) is 14.4 Å². The third-order valence-electron chi connectivity index (χ3n) is 5.98. The van der Waals surface area contributed by atoms with Crippen molar-refractivity contribution in [2.45, 2.75) is 44.9 Å². The van der Waals surface area contributed by atoms with E-state index in [2.05, 4.69) is 15.6 Å². The summed E-state index contributed by atoms with van der Waals surface area (Å²) in [6.07, 6.45) is -0.0127. The minimum atomic E-state index is -1.08. The van der Waals surface area contributed by atoms with Gasteiger partial charge in [0.25, 0.3) is 0 Å².